The van der Waals surface area contributed by atoms with E-state index < -0.39 is 23.9 Å². The number of carboxylic acids is 1. The molecule has 1 aromatic heterocycles. The van der Waals surface area contributed by atoms with E-state index in [0.717, 1.165) is 36.1 Å². The molecule has 0 saturated carbocycles. The molecule has 156 valence electrons. The van der Waals surface area contributed by atoms with E-state index in [1.165, 1.54) is 11.3 Å². The van der Waals surface area contributed by atoms with Crippen molar-refractivity contribution in [1.29, 1.82) is 0 Å². The van der Waals surface area contributed by atoms with E-state index in [-0.39, 0.29) is 13.0 Å². The third-order valence-corrected chi connectivity index (χ3v) is 5.71. The second-order valence-electron chi connectivity index (χ2n) is 6.58. The second-order valence-corrected chi connectivity index (χ2v) is 7.68. The summed E-state index contributed by atoms with van der Waals surface area (Å²) in [5.41, 5.74) is 1.38. The molecule has 2 rings (SSSR count). The van der Waals surface area contributed by atoms with Crippen LogP contribution in [0.15, 0.2) is 0 Å². The Hall–Kier alpha value is -1.97. The number of carbonyl (C=O) groups excluding carboxylic acids is 2. The Morgan fingerprint density at radius 3 is 2.68 bits per heavy atom. The molecule has 0 bridgehead atoms. The first-order valence-electron chi connectivity index (χ1n) is 9.54. The zero-order valence-electron chi connectivity index (χ0n) is 16.3. The van der Waals surface area contributed by atoms with E-state index in [2.05, 4.69) is 10.6 Å². The Morgan fingerprint density at radius 1 is 1.25 bits per heavy atom. The standard InChI is InChI=1S/C19H28N2O6S/c1-3-27-19(25)16-12-7-4-5-8-14(12)28-17(16)21-15(22)11-13(18(23)24)20-9-6-10-26-2/h13,20H,3-11H2,1-2H3,(H,21,22)(H,23,24). The van der Waals surface area contributed by atoms with Crippen LogP contribution in [-0.4, -0.2) is 55.9 Å². The zero-order valence-corrected chi connectivity index (χ0v) is 17.2. The van der Waals surface area contributed by atoms with Gasteiger partial charge in [0.1, 0.15) is 11.0 Å². The van der Waals surface area contributed by atoms with Crippen molar-refractivity contribution in [2.24, 2.45) is 0 Å². The molecule has 1 aliphatic rings. The molecule has 9 heteroatoms. The van der Waals surface area contributed by atoms with Gasteiger partial charge in [-0.3, -0.25) is 9.59 Å². The van der Waals surface area contributed by atoms with Crippen LogP contribution in [-0.2, 0) is 31.9 Å². The van der Waals surface area contributed by atoms with Crippen molar-refractivity contribution < 1.29 is 29.0 Å². The van der Waals surface area contributed by atoms with Crippen molar-refractivity contribution >= 4 is 34.2 Å². The van der Waals surface area contributed by atoms with Gasteiger partial charge in [-0.2, -0.15) is 0 Å². The summed E-state index contributed by atoms with van der Waals surface area (Å²) in [6.07, 6.45) is 4.13. The Morgan fingerprint density at radius 2 is 2.00 bits per heavy atom. The van der Waals surface area contributed by atoms with Crippen LogP contribution in [0.25, 0.3) is 0 Å². The number of amides is 1. The minimum absolute atomic E-state index is 0.229. The van der Waals surface area contributed by atoms with Gasteiger partial charge in [-0.15, -0.1) is 11.3 Å². The Balaban J connectivity index is 2.08. The first-order valence-corrected chi connectivity index (χ1v) is 10.4. The molecule has 0 fully saturated rings. The van der Waals surface area contributed by atoms with Gasteiger partial charge in [0.25, 0.3) is 0 Å². The molecule has 8 nitrogen and oxygen atoms in total. The first-order chi connectivity index (χ1) is 13.5. The van der Waals surface area contributed by atoms with Gasteiger partial charge in [0.2, 0.25) is 5.91 Å². The Bertz CT molecular complexity index is 703. The summed E-state index contributed by atoms with van der Waals surface area (Å²) in [6.45, 7) is 2.93. The van der Waals surface area contributed by atoms with Crippen molar-refractivity contribution in [2.45, 2.75) is 51.5 Å². The number of esters is 1. The maximum absolute atomic E-state index is 12.5. The van der Waals surface area contributed by atoms with Crippen LogP contribution in [0.1, 0.15) is 53.4 Å². The van der Waals surface area contributed by atoms with Crippen molar-refractivity contribution in [3.05, 3.63) is 16.0 Å². The summed E-state index contributed by atoms with van der Waals surface area (Å²) in [4.78, 5) is 37.4. The largest absolute Gasteiger partial charge is 0.480 e. The van der Waals surface area contributed by atoms with Crippen LogP contribution >= 0.6 is 11.3 Å². The molecule has 1 amide bonds. The minimum atomic E-state index is -1.09. The Kier molecular flexibility index (Phi) is 8.88. The van der Waals surface area contributed by atoms with Crippen LogP contribution in [0.5, 0.6) is 0 Å². The predicted octanol–water partition coefficient (Wildman–Crippen LogP) is 2.21. The van der Waals surface area contributed by atoms with Crippen molar-refractivity contribution in [1.82, 2.24) is 5.32 Å². The highest BCUT2D eigenvalue weighted by Crippen LogP contribution is 2.38. The number of carbonyl (C=O) groups is 3. The summed E-state index contributed by atoms with van der Waals surface area (Å²) < 4.78 is 10.1. The average molecular weight is 413 g/mol. The number of aliphatic carboxylic acids is 1. The summed E-state index contributed by atoms with van der Waals surface area (Å²) in [5.74, 6) is -1.98. The number of fused-ring (bicyclic) bond motifs is 1. The highest BCUT2D eigenvalue weighted by Gasteiger charge is 2.28. The molecular formula is C19H28N2O6S. The first kappa shape index (κ1) is 22.3. The van der Waals surface area contributed by atoms with Gasteiger partial charge in [0.05, 0.1) is 18.6 Å². The van der Waals surface area contributed by atoms with E-state index in [1.807, 2.05) is 0 Å². The van der Waals surface area contributed by atoms with Crippen LogP contribution in [0.3, 0.4) is 0 Å². The lowest BCUT2D eigenvalue weighted by atomic mass is 9.95. The van der Waals surface area contributed by atoms with E-state index >= 15 is 0 Å². The van der Waals surface area contributed by atoms with Gasteiger partial charge >= 0.3 is 11.9 Å². The van der Waals surface area contributed by atoms with E-state index in [9.17, 15) is 19.5 Å². The summed E-state index contributed by atoms with van der Waals surface area (Å²) in [6, 6.07) is -1.00. The van der Waals surface area contributed by atoms with Gasteiger partial charge in [-0.05, 0) is 51.1 Å². The third-order valence-electron chi connectivity index (χ3n) is 4.51. The molecule has 0 saturated heterocycles. The average Bonchev–Trinajstić information content (AvgIpc) is 3.01. The van der Waals surface area contributed by atoms with Crippen molar-refractivity contribution in [3.8, 4) is 0 Å². The van der Waals surface area contributed by atoms with Gasteiger partial charge in [0.15, 0.2) is 0 Å². The number of carboxylic acid groups (broad SMARTS) is 1. The van der Waals surface area contributed by atoms with Gasteiger partial charge in [-0.25, -0.2) is 4.79 Å². The zero-order chi connectivity index (χ0) is 20.5. The highest BCUT2D eigenvalue weighted by atomic mass is 32.1. The molecule has 28 heavy (non-hydrogen) atoms. The van der Waals surface area contributed by atoms with Crippen molar-refractivity contribution in [3.63, 3.8) is 0 Å². The van der Waals surface area contributed by atoms with E-state index in [4.69, 9.17) is 9.47 Å². The van der Waals surface area contributed by atoms with E-state index in [0.29, 0.717) is 30.1 Å². The Labute approximate surface area is 168 Å². The molecule has 0 aromatic carbocycles. The number of nitrogens with one attached hydrogen (secondary N) is 2. The molecule has 1 atom stereocenters. The quantitative estimate of drug-likeness (QED) is 0.377. The van der Waals surface area contributed by atoms with Crippen LogP contribution in [0, 0.1) is 0 Å². The maximum Gasteiger partial charge on any atom is 0.341 e. The fourth-order valence-corrected chi connectivity index (χ4v) is 4.47. The van der Waals surface area contributed by atoms with Crippen molar-refractivity contribution in [2.75, 3.05) is 32.2 Å². The lowest BCUT2D eigenvalue weighted by molar-refractivity contribution is -0.141. The highest BCUT2D eigenvalue weighted by molar-refractivity contribution is 7.17. The molecule has 0 radical (unpaired) electrons. The van der Waals surface area contributed by atoms with Crippen LogP contribution in [0.4, 0.5) is 5.00 Å². The maximum atomic E-state index is 12.5. The van der Waals surface area contributed by atoms with E-state index in [1.54, 1.807) is 14.0 Å². The number of hydrogen-bond donors (Lipinski definition) is 3. The number of rotatable bonds is 11. The number of anilines is 1. The molecule has 1 unspecified atom stereocenters. The van der Waals surface area contributed by atoms with Gasteiger partial charge < -0.3 is 25.2 Å². The molecule has 1 aliphatic carbocycles. The number of aryl methyl sites for hydroxylation is 1. The second kappa shape index (κ2) is 11.1. The molecular weight excluding hydrogens is 384 g/mol. The fraction of sp³-hybridized carbons (Fsp3) is 0.632. The topological polar surface area (TPSA) is 114 Å². The van der Waals surface area contributed by atoms with Crippen LogP contribution in [0.2, 0.25) is 0 Å². The number of thiophene rings is 1. The summed E-state index contributed by atoms with van der Waals surface area (Å²) in [7, 11) is 1.57. The molecule has 0 spiro atoms. The van der Waals surface area contributed by atoms with Gasteiger partial charge in [-0.1, -0.05) is 0 Å². The smallest absolute Gasteiger partial charge is 0.341 e. The predicted molar refractivity (Wildman–Crippen MR) is 106 cm³/mol. The molecule has 3 N–H and O–H groups in total. The lowest BCUT2D eigenvalue weighted by Crippen LogP contribution is -2.40. The minimum Gasteiger partial charge on any atom is -0.480 e. The lowest BCUT2D eigenvalue weighted by Gasteiger charge is -2.14. The van der Waals surface area contributed by atoms with Crippen LogP contribution < -0.4 is 10.6 Å². The molecule has 1 heterocycles. The SMILES string of the molecule is CCOC(=O)c1c(NC(=O)CC(NCCCOC)C(=O)O)sc2c1CCCC2. The molecule has 0 aliphatic heterocycles. The summed E-state index contributed by atoms with van der Waals surface area (Å²) in [5, 5.41) is 15.4. The number of hydrogen-bond acceptors (Lipinski definition) is 7. The third kappa shape index (κ3) is 6.02. The number of ether oxygens (including phenoxy) is 2. The normalized spacial score (nSPS) is 14.2. The number of methoxy groups -OCH3 is 1. The van der Waals surface area contributed by atoms with Gasteiger partial charge in [0, 0.05) is 18.6 Å². The molecule has 1 aromatic rings. The monoisotopic (exact) mass is 412 g/mol. The summed E-state index contributed by atoms with van der Waals surface area (Å²) >= 11 is 1.39. The fourth-order valence-electron chi connectivity index (χ4n) is 3.18.